The molecule has 0 unspecified atom stereocenters. The summed E-state index contributed by atoms with van der Waals surface area (Å²) in [6.07, 6.45) is 11.0. The summed E-state index contributed by atoms with van der Waals surface area (Å²) in [5.74, 6) is 4.92. The fraction of sp³-hybridized carbons (Fsp3) is 0.458. The van der Waals surface area contributed by atoms with Gasteiger partial charge in [0.15, 0.2) is 5.78 Å². The van der Waals surface area contributed by atoms with E-state index in [1.54, 1.807) is 6.08 Å². The maximum absolute atomic E-state index is 13.1. The molecule has 4 bridgehead atoms. The molecule has 0 atom stereocenters. The minimum atomic E-state index is -0.0800. The van der Waals surface area contributed by atoms with E-state index in [1.165, 1.54) is 19.3 Å². The van der Waals surface area contributed by atoms with Gasteiger partial charge >= 0.3 is 0 Å². The molecule has 4 fully saturated rings. The first kappa shape index (κ1) is 18.2. The Morgan fingerprint density at radius 3 is 2.43 bits per heavy atom. The molecule has 4 heteroatoms. The van der Waals surface area contributed by atoms with Gasteiger partial charge in [0.25, 0.3) is 0 Å². The second-order valence-electron chi connectivity index (χ2n) is 8.92. The number of halogens is 1. The smallest absolute Gasteiger partial charge is 0.161 e. The van der Waals surface area contributed by atoms with Crippen molar-refractivity contribution in [3.05, 3.63) is 58.5 Å². The summed E-state index contributed by atoms with van der Waals surface area (Å²) in [6, 6.07) is 11.6. The molecular weight excluding hydrogens is 416 g/mol. The van der Waals surface area contributed by atoms with E-state index in [4.69, 9.17) is 9.15 Å². The van der Waals surface area contributed by atoms with E-state index in [0.29, 0.717) is 18.2 Å². The lowest BCUT2D eigenvalue weighted by Gasteiger charge is -2.55. The van der Waals surface area contributed by atoms with Gasteiger partial charge < -0.3 is 9.15 Å². The summed E-state index contributed by atoms with van der Waals surface area (Å²) in [6.45, 7) is 0.360. The van der Waals surface area contributed by atoms with E-state index in [9.17, 15) is 4.79 Å². The Hall–Kier alpha value is -1.81. The predicted octanol–water partition coefficient (Wildman–Crippen LogP) is 6.42. The van der Waals surface area contributed by atoms with E-state index in [-0.39, 0.29) is 5.41 Å². The topological polar surface area (TPSA) is 39.4 Å². The van der Waals surface area contributed by atoms with Crippen molar-refractivity contribution in [2.45, 2.75) is 45.1 Å². The zero-order chi connectivity index (χ0) is 19.1. The number of hydrogen-bond acceptors (Lipinski definition) is 3. The van der Waals surface area contributed by atoms with Crippen LogP contribution >= 0.6 is 15.9 Å². The highest BCUT2D eigenvalue weighted by Crippen LogP contribution is 2.60. The molecule has 4 saturated carbocycles. The van der Waals surface area contributed by atoms with Crippen LogP contribution in [-0.4, -0.2) is 5.78 Å². The van der Waals surface area contributed by atoms with Crippen molar-refractivity contribution in [3.63, 3.8) is 0 Å². The summed E-state index contributed by atoms with van der Waals surface area (Å²) in [5, 5.41) is 0. The van der Waals surface area contributed by atoms with Crippen LogP contribution in [0.3, 0.4) is 0 Å². The van der Waals surface area contributed by atoms with Crippen LogP contribution in [0.2, 0.25) is 0 Å². The van der Waals surface area contributed by atoms with Gasteiger partial charge in [0, 0.05) is 5.41 Å². The van der Waals surface area contributed by atoms with Crippen molar-refractivity contribution in [2.24, 2.45) is 23.2 Å². The second kappa shape index (κ2) is 7.22. The van der Waals surface area contributed by atoms with Crippen LogP contribution in [0.4, 0.5) is 0 Å². The third-order valence-corrected chi connectivity index (χ3v) is 7.50. The van der Waals surface area contributed by atoms with Gasteiger partial charge in [0.1, 0.15) is 23.9 Å². The van der Waals surface area contributed by atoms with Crippen LogP contribution in [0, 0.1) is 23.2 Å². The van der Waals surface area contributed by atoms with E-state index < -0.39 is 0 Å². The zero-order valence-electron chi connectivity index (χ0n) is 15.9. The number of rotatable bonds is 6. The quantitative estimate of drug-likeness (QED) is 0.486. The molecule has 0 radical (unpaired) electrons. The highest BCUT2D eigenvalue weighted by atomic mass is 79.9. The lowest BCUT2D eigenvalue weighted by Crippen LogP contribution is -2.49. The number of carbonyl (C=O) groups is 1. The fourth-order valence-corrected chi connectivity index (χ4v) is 6.42. The minimum Gasteiger partial charge on any atom is -0.484 e. The first-order valence-corrected chi connectivity index (χ1v) is 11.1. The van der Waals surface area contributed by atoms with Crippen molar-refractivity contribution in [1.29, 1.82) is 0 Å². The first-order chi connectivity index (χ1) is 13.6. The van der Waals surface area contributed by atoms with Gasteiger partial charge in [-0.1, -0.05) is 12.1 Å². The van der Waals surface area contributed by atoms with Crippen LogP contribution in [0.15, 0.2) is 51.4 Å². The third kappa shape index (κ3) is 3.47. The Morgan fingerprint density at radius 1 is 1.07 bits per heavy atom. The molecule has 146 valence electrons. The Morgan fingerprint density at radius 2 is 1.75 bits per heavy atom. The van der Waals surface area contributed by atoms with Crippen LogP contribution in [-0.2, 0) is 11.4 Å². The number of furan rings is 1. The molecule has 0 amide bonds. The highest BCUT2D eigenvalue weighted by molar-refractivity contribution is 9.10. The molecule has 3 nitrogen and oxygen atoms in total. The summed E-state index contributed by atoms with van der Waals surface area (Å²) in [7, 11) is 0. The summed E-state index contributed by atoms with van der Waals surface area (Å²) >= 11 is 3.48. The molecule has 4 aliphatic rings. The average molecular weight is 441 g/mol. The van der Waals surface area contributed by atoms with Gasteiger partial charge in [-0.15, -0.1) is 0 Å². The predicted molar refractivity (Wildman–Crippen MR) is 112 cm³/mol. The third-order valence-electron chi connectivity index (χ3n) is 6.85. The summed E-state index contributed by atoms with van der Waals surface area (Å²) in [4.78, 5) is 13.1. The lowest BCUT2D eigenvalue weighted by molar-refractivity contribution is -0.138. The molecule has 2 aromatic rings. The van der Waals surface area contributed by atoms with Crippen molar-refractivity contribution >= 4 is 27.8 Å². The van der Waals surface area contributed by atoms with Gasteiger partial charge in [-0.25, -0.2) is 0 Å². The standard InChI is InChI=1S/C24H25BrO3/c25-21-3-1-2-4-22(21)27-15-20-6-5-19(28-20)7-8-23(26)24-12-16-9-17(13-24)11-18(10-16)14-24/h1-8,16-18H,9-15H2. The van der Waals surface area contributed by atoms with Crippen molar-refractivity contribution < 1.29 is 13.9 Å². The Labute approximate surface area is 174 Å². The lowest BCUT2D eigenvalue weighted by atomic mass is 9.48. The molecular formula is C24H25BrO3. The number of carbonyl (C=O) groups excluding carboxylic acids is 1. The molecule has 1 aromatic heterocycles. The van der Waals surface area contributed by atoms with E-state index in [2.05, 4.69) is 15.9 Å². The van der Waals surface area contributed by atoms with Crippen LogP contribution < -0.4 is 4.74 Å². The maximum atomic E-state index is 13.1. The second-order valence-corrected chi connectivity index (χ2v) is 9.77. The van der Waals surface area contributed by atoms with Gasteiger partial charge in [-0.3, -0.25) is 4.79 Å². The first-order valence-electron chi connectivity index (χ1n) is 10.3. The van der Waals surface area contributed by atoms with Gasteiger partial charge in [-0.05, 0) is 109 Å². The van der Waals surface area contributed by atoms with Gasteiger partial charge in [-0.2, -0.15) is 0 Å². The highest BCUT2D eigenvalue weighted by Gasteiger charge is 2.53. The number of benzene rings is 1. The molecule has 0 spiro atoms. The number of hydrogen-bond donors (Lipinski definition) is 0. The molecule has 4 aliphatic carbocycles. The molecule has 0 N–H and O–H groups in total. The average Bonchev–Trinajstić information content (AvgIpc) is 3.12. The Balaban J connectivity index is 1.23. The number of ether oxygens (including phenoxy) is 1. The monoisotopic (exact) mass is 440 g/mol. The molecule has 0 saturated heterocycles. The van der Waals surface area contributed by atoms with E-state index in [0.717, 1.165) is 53.0 Å². The summed E-state index contributed by atoms with van der Waals surface area (Å²) in [5.41, 5.74) is -0.0800. The van der Waals surface area contributed by atoms with Crippen LogP contribution in [0.25, 0.3) is 6.08 Å². The van der Waals surface area contributed by atoms with E-state index >= 15 is 0 Å². The molecule has 0 aliphatic heterocycles. The zero-order valence-corrected chi connectivity index (χ0v) is 17.5. The normalized spacial score (nSPS) is 30.8. The molecule has 1 heterocycles. The van der Waals surface area contributed by atoms with Crippen molar-refractivity contribution in [2.75, 3.05) is 0 Å². The number of allylic oxidation sites excluding steroid dienone is 1. The Kier molecular flexibility index (Phi) is 4.70. The SMILES string of the molecule is O=C(C=Cc1ccc(COc2ccccc2Br)o1)C12CC3CC(CC(C3)C1)C2. The number of ketones is 1. The molecule has 6 rings (SSSR count). The minimum absolute atomic E-state index is 0.0800. The Bertz CT molecular complexity index is 875. The fourth-order valence-electron chi connectivity index (χ4n) is 6.02. The van der Waals surface area contributed by atoms with Crippen LogP contribution in [0.5, 0.6) is 5.75 Å². The number of para-hydroxylation sites is 1. The van der Waals surface area contributed by atoms with E-state index in [1.807, 2.05) is 42.5 Å². The molecule has 28 heavy (non-hydrogen) atoms. The van der Waals surface area contributed by atoms with Gasteiger partial charge in [0.05, 0.1) is 4.47 Å². The largest absolute Gasteiger partial charge is 0.484 e. The summed E-state index contributed by atoms with van der Waals surface area (Å²) < 4.78 is 12.5. The van der Waals surface area contributed by atoms with Gasteiger partial charge in [0.2, 0.25) is 0 Å². The van der Waals surface area contributed by atoms with Crippen LogP contribution in [0.1, 0.15) is 50.0 Å². The maximum Gasteiger partial charge on any atom is 0.161 e. The molecule has 1 aromatic carbocycles. The van der Waals surface area contributed by atoms with Crippen molar-refractivity contribution in [1.82, 2.24) is 0 Å². The van der Waals surface area contributed by atoms with Crippen molar-refractivity contribution in [3.8, 4) is 5.75 Å².